The van der Waals surface area contributed by atoms with Crippen molar-refractivity contribution in [2.75, 3.05) is 12.3 Å². The Morgan fingerprint density at radius 3 is 3.16 bits per heavy atom. The van der Waals surface area contributed by atoms with Crippen LogP contribution in [-0.2, 0) is 4.74 Å². The van der Waals surface area contributed by atoms with Gasteiger partial charge in [0.15, 0.2) is 10.6 Å². The summed E-state index contributed by atoms with van der Waals surface area (Å²) in [5.41, 5.74) is 6.98. The fraction of sp³-hybridized carbons (Fsp3) is 0.545. The van der Waals surface area contributed by atoms with Crippen LogP contribution >= 0.6 is 12.2 Å². The highest BCUT2D eigenvalue weighted by Crippen LogP contribution is 2.34. The second-order valence-electron chi connectivity index (χ2n) is 4.80. The van der Waals surface area contributed by atoms with Crippen molar-refractivity contribution in [3.63, 3.8) is 0 Å². The molecule has 4 N–H and O–H groups in total. The summed E-state index contributed by atoms with van der Waals surface area (Å²) >= 11 is 5.13. The minimum Gasteiger partial charge on any atom is -0.394 e. The topological polar surface area (TPSA) is 102 Å². The Kier molecular flexibility index (Phi) is 3.00. The molecule has 0 amide bonds. The molecule has 0 radical (unpaired) electrons. The lowest BCUT2D eigenvalue weighted by Gasteiger charge is -2.14. The fourth-order valence-corrected chi connectivity index (χ4v) is 2.68. The molecule has 7 nitrogen and oxygen atoms in total. The standard InChI is InChI=1S/C11H15N5O2S/c1-5-2-7(18-6(5)3-17)16-4-13-8-9(16)14-11(12)15-10(8)19/h4-7,17H,2-3H2,1H3,(H3,12,14,15,19)/t5-,6+,7+/m0/s1. The van der Waals surface area contributed by atoms with Crippen LogP contribution in [0.5, 0.6) is 0 Å². The van der Waals surface area contributed by atoms with Gasteiger partial charge in [-0.25, -0.2) is 9.97 Å². The number of H-pyrrole nitrogens is 1. The van der Waals surface area contributed by atoms with Crippen LogP contribution < -0.4 is 5.73 Å². The number of nitrogens with zero attached hydrogens (tertiary/aromatic N) is 3. The van der Waals surface area contributed by atoms with Crippen molar-refractivity contribution < 1.29 is 9.84 Å². The number of aliphatic hydroxyl groups is 1. The third-order valence-electron chi connectivity index (χ3n) is 3.49. The van der Waals surface area contributed by atoms with E-state index in [0.717, 1.165) is 6.42 Å². The maximum absolute atomic E-state index is 9.25. The van der Waals surface area contributed by atoms with Gasteiger partial charge >= 0.3 is 0 Å². The van der Waals surface area contributed by atoms with Gasteiger partial charge in [-0.05, 0) is 12.3 Å². The van der Waals surface area contributed by atoms with Crippen LogP contribution in [0.15, 0.2) is 6.33 Å². The maximum Gasteiger partial charge on any atom is 0.200 e. The summed E-state index contributed by atoms with van der Waals surface area (Å²) in [4.78, 5) is 11.2. The molecule has 0 bridgehead atoms. The molecule has 2 aromatic rings. The van der Waals surface area contributed by atoms with E-state index in [1.54, 1.807) is 6.33 Å². The normalized spacial score (nSPS) is 27.2. The number of nitrogen functional groups attached to an aromatic ring is 1. The highest BCUT2D eigenvalue weighted by molar-refractivity contribution is 7.71. The Labute approximate surface area is 114 Å². The number of anilines is 1. The van der Waals surface area contributed by atoms with Crippen LogP contribution in [0, 0.1) is 10.6 Å². The molecular formula is C11H15N5O2S. The zero-order valence-electron chi connectivity index (χ0n) is 10.4. The number of hydrogen-bond acceptors (Lipinski definition) is 6. The summed E-state index contributed by atoms with van der Waals surface area (Å²) < 4.78 is 8.04. The number of nitrogens with two attached hydrogens (primary N) is 1. The van der Waals surface area contributed by atoms with Crippen LogP contribution in [0.1, 0.15) is 19.6 Å². The van der Waals surface area contributed by atoms with Gasteiger partial charge in [-0.1, -0.05) is 19.1 Å². The van der Waals surface area contributed by atoms with E-state index in [2.05, 4.69) is 21.9 Å². The number of imidazole rings is 1. The summed E-state index contributed by atoms with van der Waals surface area (Å²) in [6.45, 7) is 2.07. The van der Waals surface area contributed by atoms with Crippen LogP contribution in [0.2, 0.25) is 0 Å². The Morgan fingerprint density at radius 1 is 1.68 bits per heavy atom. The maximum atomic E-state index is 9.25. The predicted molar refractivity (Wildman–Crippen MR) is 71.9 cm³/mol. The van der Waals surface area contributed by atoms with Gasteiger partial charge in [0.2, 0.25) is 0 Å². The molecule has 1 saturated heterocycles. The molecule has 1 aliphatic rings. The summed E-state index contributed by atoms with van der Waals surface area (Å²) in [7, 11) is 0. The molecule has 19 heavy (non-hydrogen) atoms. The van der Waals surface area contributed by atoms with Gasteiger partial charge in [0, 0.05) is 0 Å². The van der Waals surface area contributed by atoms with E-state index in [4.69, 9.17) is 22.7 Å². The number of aromatic nitrogens is 4. The molecule has 0 saturated carbocycles. The lowest BCUT2D eigenvalue weighted by molar-refractivity contribution is -0.0277. The van der Waals surface area contributed by atoms with Crippen LogP contribution in [-0.4, -0.2) is 37.3 Å². The van der Waals surface area contributed by atoms with Gasteiger partial charge < -0.3 is 20.6 Å². The summed E-state index contributed by atoms with van der Waals surface area (Å²) in [6, 6.07) is 0. The first-order valence-corrected chi connectivity index (χ1v) is 6.49. The van der Waals surface area contributed by atoms with E-state index in [9.17, 15) is 5.11 Å². The average molecular weight is 281 g/mol. The van der Waals surface area contributed by atoms with Crippen LogP contribution in [0.25, 0.3) is 11.2 Å². The van der Waals surface area contributed by atoms with Crippen molar-refractivity contribution in [2.24, 2.45) is 5.92 Å². The Morgan fingerprint density at radius 2 is 2.47 bits per heavy atom. The van der Waals surface area contributed by atoms with Gasteiger partial charge in [0.05, 0.1) is 19.0 Å². The molecule has 3 rings (SSSR count). The van der Waals surface area contributed by atoms with E-state index in [-0.39, 0.29) is 30.8 Å². The molecule has 3 atom stereocenters. The Bertz CT molecular complexity index is 667. The SMILES string of the molecule is C[C@H]1C[C@H](n2cnc3c(=S)nc(N)[nH]c32)O[C@@H]1CO. The largest absolute Gasteiger partial charge is 0.394 e. The third kappa shape index (κ3) is 2.01. The first-order chi connectivity index (χ1) is 9.10. The first-order valence-electron chi connectivity index (χ1n) is 6.08. The van der Waals surface area contributed by atoms with Crippen molar-refractivity contribution >= 4 is 29.3 Å². The molecule has 1 fully saturated rings. The average Bonchev–Trinajstić information content (AvgIpc) is 2.92. The van der Waals surface area contributed by atoms with E-state index >= 15 is 0 Å². The number of fused-ring (bicyclic) bond motifs is 1. The lowest BCUT2D eigenvalue weighted by atomic mass is 10.0. The van der Waals surface area contributed by atoms with E-state index < -0.39 is 0 Å². The molecule has 102 valence electrons. The molecule has 0 spiro atoms. The van der Waals surface area contributed by atoms with Crippen molar-refractivity contribution in [2.45, 2.75) is 25.7 Å². The second-order valence-corrected chi connectivity index (χ2v) is 5.19. The first kappa shape index (κ1) is 12.5. The van der Waals surface area contributed by atoms with Crippen molar-refractivity contribution in [1.29, 1.82) is 0 Å². The molecular weight excluding hydrogens is 266 g/mol. The minimum atomic E-state index is -0.176. The predicted octanol–water partition coefficient (Wildman–Crippen LogP) is 0.987. The zero-order chi connectivity index (χ0) is 13.6. The Balaban J connectivity index is 2.05. The molecule has 3 heterocycles. The minimum absolute atomic E-state index is 0.0178. The number of aromatic amines is 1. The number of nitrogens with one attached hydrogen (secondary N) is 1. The van der Waals surface area contributed by atoms with Gasteiger partial charge in [-0.2, -0.15) is 0 Å². The number of ether oxygens (including phenoxy) is 1. The van der Waals surface area contributed by atoms with Crippen molar-refractivity contribution in [3.8, 4) is 0 Å². The monoisotopic (exact) mass is 281 g/mol. The Hall–Kier alpha value is -1.51. The molecule has 1 aliphatic heterocycles. The summed E-state index contributed by atoms with van der Waals surface area (Å²) in [5.74, 6) is 0.540. The van der Waals surface area contributed by atoms with Crippen LogP contribution in [0.4, 0.5) is 5.95 Å². The number of hydrogen-bond donors (Lipinski definition) is 3. The quantitative estimate of drug-likeness (QED) is 0.709. The highest BCUT2D eigenvalue weighted by atomic mass is 32.1. The fourth-order valence-electron chi connectivity index (χ4n) is 2.43. The summed E-state index contributed by atoms with van der Waals surface area (Å²) in [6.07, 6.45) is 2.14. The molecule has 2 aromatic heterocycles. The third-order valence-corrected chi connectivity index (χ3v) is 3.78. The van der Waals surface area contributed by atoms with Gasteiger partial charge in [0.1, 0.15) is 17.4 Å². The highest BCUT2D eigenvalue weighted by Gasteiger charge is 2.33. The van der Waals surface area contributed by atoms with E-state index in [0.29, 0.717) is 15.8 Å². The van der Waals surface area contributed by atoms with Crippen LogP contribution in [0.3, 0.4) is 0 Å². The van der Waals surface area contributed by atoms with Crippen molar-refractivity contribution in [3.05, 3.63) is 11.0 Å². The second kappa shape index (κ2) is 4.55. The molecule has 0 aliphatic carbocycles. The summed E-state index contributed by atoms with van der Waals surface area (Å²) in [5, 5.41) is 9.25. The smallest absolute Gasteiger partial charge is 0.200 e. The molecule has 8 heteroatoms. The number of aliphatic hydroxyl groups excluding tert-OH is 1. The van der Waals surface area contributed by atoms with E-state index in [1.165, 1.54) is 0 Å². The lowest BCUT2D eigenvalue weighted by Crippen LogP contribution is -2.18. The van der Waals surface area contributed by atoms with Gasteiger partial charge in [-0.15, -0.1) is 0 Å². The van der Waals surface area contributed by atoms with E-state index in [1.807, 2.05) is 4.57 Å². The van der Waals surface area contributed by atoms with Crippen molar-refractivity contribution in [1.82, 2.24) is 19.5 Å². The molecule has 0 unspecified atom stereocenters. The number of rotatable bonds is 2. The zero-order valence-corrected chi connectivity index (χ0v) is 11.2. The molecule has 0 aromatic carbocycles. The van der Waals surface area contributed by atoms with Gasteiger partial charge in [-0.3, -0.25) is 4.57 Å². The van der Waals surface area contributed by atoms with Gasteiger partial charge in [0.25, 0.3) is 0 Å².